The largest absolute Gasteiger partial charge is 0.458 e. The van der Waals surface area contributed by atoms with Gasteiger partial charge in [0.15, 0.2) is 0 Å². The maximum absolute atomic E-state index is 13.2. The van der Waals surface area contributed by atoms with Crippen molar-refractivity contribution >= 4 is 53.7 Å². The van der Waals surface area contributed by atoms with Gasteiger partial charge in [-0.05, 0) is 60.8 Å². The molecule has 0 rings (SSSR count). The van der Waals surface area contributed by atoms with Crippen LogP contribution in [-0.2, 0) is 43.0 Å². The fourth-order valence-electron chi connectivity index (χ4n) is 3.40. The number of nitrogens with one attached hydrogen (secondary N) is 3. The van der Waals surface area contributed by atoms with Crippen LogP contribution >= 0.6 is 0 Å². The standard InChI is InChI=1S/C27H41N7O9/c1-16(35)32-20(24(40)42-26(2,3)4)12-13-22(38)33-19(10-8-17(36)14-30-28)23(39)34-21(11-9-18(37)15-31-29)25(41)43-27(5,6)7/h14-15,19-21H,8-13H2,1-7H3,(H,32,35)(H,33,38)(H,34,39)/t19-,20-,21-/m0/s1. The first-order valence-electron chi connectivity index (χ1n) is 13.5. The minimum Gasteiger partial charge on any atom is -0.458 e. The summed E-state index contributed by atoms with van der Waals surface area (Å²) >= 11 is 0. The highest BCUT2D eigenvalue weighted by molar-refractivity contribution is 6.25. The van der Waals surface area contributed by atoms with Crippen LogP contribution in [0.4, 0.5) is 0 Å². The smallest absolute Gasteiger partial charge is 0.329 e. The van der Waals surface area contributed by atoms with Crippen LogP contribution < -0.4 is 16.0 Å². The van der Waals surface area contributed by atoms with Crippen molar-refractivity contribution in [3.63, 3.8) is 0 Å². The second kappa shape index (κ2) is 18.1. The molecule has 0 aromatic rings. The van der Waals surface area contributed by atoms with Crippen molar-refractivity contribution in [1.29, 1.82) is 0 Å². The van der Waals surface area contributed by atoms with E-state index in [9.17, 15) is 33.6 Å². The van der Waals surface area contributed by atoms with Crippen LogP contribution in [0, 0.1) is 0 Å². The molecule has 0 aromatic heterocycles. The van der Waals surface area contributed by atoms with Gasteiger partial charge in [0.25, 0.3) is 0 Å². The van der Waals surface area contributed by atoms with Crippen molar-refractivity contribution in [2.75, 3.05) is 0 Å². The van der Waals surface area contributed by atoms with Gasteiger partial charge in [0.1, 0.15) is 29.3 Å². The van der Waals surface area contributed by atoms with Gasteiger partial charge in [-0.3, -0.25) is 24.0 Å². The Kier molecular flexibility index (Phi) is 16.2. The third-order valence-corrected chi connectivity index (χ3v) is 5.15. The molecule has 43 heavy (non-hydrogen) atoms. The molecule has 0 aliphatic rings. The van der Waals surface area contributed by atoms with Gasteiger partial charge in [-0.15, -0.1) is 0 Å². The number of hydrogen-bond donors (Lipinski definition) is 3. The summed E-state index contributed by atoms with van der Waals surface area (Å²) in [5.74, 6) is -5.10. The van der Waals surface area contributed by atoms with Gasteiger partial charge in [0.05, 0.1) is 0 Å². The molecule has 16 nitrogen and oxygen atoms in total. The van der Waals surface area contributed by atoms with E-state index >= 15 is 0 Å². The van der Waals surface area contributed by atoms with E-state index < -0.39 is 70.6 Å². The molecule has 3 N–H and O–H groups in total. The number of amides is 3. The molecule has 16 heteroatoms. The number of carbonyl (C=O) groups is 7. The molecule has 3 amide bonds. The van der Waals surface area contributed by atoms with E-state index in [1.807, 2.05) is 0 Å². The SMILES string of the molecule is CC(=O)N[C@@H](CCC(=O)N[C@@H](CCC(=O)C=[N+]=[N-])C(=O)N[C@@H](CCC(=O)C=[N+]=[N-])C(=O)OC(C)(C)C)C(=O)OC(C)(C)C. The lowest BCUT2D eigenvalue weighted by molar-refractivity contribution is -0.159. The molecule has 0 aliphatic carbocycles. The third-order valence-electron chi connectivity index (χ3n) is 5.15. The van der Waals surface area contributed by atoms with Crippen molar-refractivity contribution < 1.29 is 52.6 Å². The maximum Gasteiger partial charge on any atom is 0.329 e. The summed E-state index contributed by atoms with van der Waals surface area (Å²) in [4.78, 5) is 92.0. The molecule has 0 unspecified atom stereocenters. The number of carbonyl (C=O) groups excluding carboxylic acids is 7. The van der Waals surface area contributed by atoms with Crippen molar-refractivity contribution in [3.8, 4) is 0 Å². The Morgan fingerprint density at radius 2 is 1.05 bits per heavy atom. The molecule has 0 saturated heterocycles. The quantitative estimate of drug-likeness (QED) is 0.0884. The molecule has 0 aromatic carbocycles. The van der Waals surface area contributed by atoms with Gasteiger partial charge in [-0.1, -0.05) is 0 Å². The number of rotatable bonds is 17. The Bertz CT molecular complexity index is 1160. The van der Waals surface area contributed by atoms with Crippen molar-refractivity contribution in [2.45, 2.75) is 116 Å². The zero-order chi connectivity index (χ0) is 33.4. The second-order valence-electron chi connectivity index (χ2n) is 11.5. The van der Waals surface area contributed by atoms with Crippen LogP contribution in [0.25, 0.3) is 11.1 Å². The van der Waals surface area contributed by atoms with Crippen LogP contribution in [0.3, 0.4) is 0 Å². The molecule has 0 bridgehead atoms. The zero-order valence-corrected chi connectivity index (χ0v) is 25.6. The Morgan fingerprint density at radius 3 is 1.44 bits per heavy atom. The fourth-order valence-corrected chi connectivity index (χ4v) is 3.40. The number of ether oxygens (including phenoxy) is 2. The molecule has 0 radical (unpaired) electrons. The Hall–Kier alpha value is -4.55. The highest BCUT2D eigenvalue weighted by atomic mass is 16.6. The van der Waals surface area contributed by atoms with Gasteiger partial charge in [0, 0.05) is 26.2 Å². The third kappa shape index (κ3) is 18.5. The Morgan fingerprint density at radius 1 is 0.651 bits per heavy atom. The predicted molar refractivity (Wildman–Crippen MR) is 150 cm³/mol. The van der Waals surface area contributed by atoms with Crippen LogP contribution in [0.5, 0.6) is 0 Å². The van der Waals surface area contributed by atoms with E-state index in [4.69, 9.17) is 20.5 Å². The van der Waals surface area contributed by atoms with Crippen molar-refractivity contribution in [1.82, 2.24) is 16.0 Å². The van der Waals surface area contributed by atoms with E-state index in [1.165, 1.54) is 6.92 Å². The molecule has 0 aliphatic heterocycles. The molecular weight excluding hydrogens is 566 g/mol. The lowest BCUT2D eigenvalue weighted by atomic mass is 10.0. The Labute approximate surface area is 249 Å². The molecule has 0 saturated carbocycles. The van der Waals surface area contributed by atoms with Gasteiger partial charge in [-0.2, -0.15) is 9.58 Å². The van der Waals surface area contributed by atoms with Gasteiger partial charge in [-0.25, -0.2) is 9.59 Å². The van der Waals surface area contributed by atoms with E-state index in [-0.39, 0.29) is 38.5 Å². The monoisotopic (exact) mass is 607 g/mol. The fraction of sp³-hybridized carbons (Fsp3) is 0.667. The summed E-state index contributed by atoms with van der Waals surface area (Å²) in [6, 6.07) is -3.90. The summed E-state index contributed by atoms with van der Waals surface area (Å²) < 4.78 is 10.6. The maximum atomic E-state index is 13.2. The summed E-state index contributed by atoms with van der Waals surface area (Å²) in [6.45, 7) is 10.9. The summed E-state index contributed by atoms with van der Waals surface area (Å²) in [7, 11) is 0. The predicted octanol–water partition coefficient (Wildman–Crippen LogP) is 0.224. The van der Waals surface area contributed by atoms with Gasteiger partial charge < -0.3 is 36.5 Å². The van der Waals surface area contributed by atoms with E-state index in [0.717, 1.165) is 0 Å². The highest BCUT2D eigenvalue weighted by Gasteiger charge is 2.32. The van der Waals surface area contributed by atoms with Crippen molar-refractivity contribution in [2.24, 2.45) is 0 Å². The summed E-state index contributed by atoms with van der Waals surface area (Å²) in [5, 5.41) is 7.28. The minimum absolute atomic E-state index is 0.181. The first kappa shape index (κ1) is 38.5. The van der Waals surface area contributed by atoms with Crippen LogP contribution in [0.2, 0.25) is 0 Å². The number of Topliss-reactive ketones (excluding diaryl/α,β-unsaturated/α-hetero) is 2. The first-order valence-corrected chi connectivity index (χ1v) is 13.5. The molecule has 238 valence electrons. The number of nitrogens with zero attached hydrogens (tertiary/aromatic N) is 4. The minimum atomic E-state index is -1.39. The Balaban J connectivity index is 5.87. The molecule has 0 heterocycles. The normalized spacial score (nSPS) is 13.0. The number of ketones is 2. The zero-order valence-electron chi connectivity index (χ0n) is 25.6. The second-order valence-corrected chi connectivity index (χ2v) is 11.5. The lowest BCUT2D eigenvalue weighted by Crippen LogP contribution is -2.53. The average Bonchev–Trinajstić information content (AvgIpc) is 2.84. The lowest BCUT2D eigenvalue weighted by Gasteiger charge is -2.26. The van der Waals surface area contributed by atoms with Gasteiger partial charge >= 0.3 is 24.4 Å². The summed E-state index contributed by atoms with van der Waals surface area (Å²) in [5.41, 5.74) is 15.4. The highest BCUT2D eigenvalue weighted by Crippen LogP contribution is 2.13. The van der Waals surface area contributed by atoms with Crippen LogP contribution in [0.15, 0.2) is 0 Å². The molecule has 0 spiro atoms. The summed E-state index contributed by atoms with van der Waals surface area (Å²) in [6.07, 6.45) is -0.421. The van der Waals surface area contributed by atoms with E-state index in [0.29, 0.717) is 12.4 Å². The number of esters is 2. The average molecular weight is 608 g/mol. The van der Waals surface area contributed by atoms with E-state index in [2.05, 4.69) is 25.5 Å². The molecule has 0 fully saturated rings. The van der Waals surface area contributed by atoms with Crippen molar-refractivity contribution in [3.05, 3.63) is 11.1 Å². The van der Waals surface area contributed by atoms with Crippen LogP contribution in [-0.4, -0.2) is 92.6 Å². The molecule has 3 atom stereocenters. The number of hydrogen-bond acceptors (Lipinski definition) is 9. The topological polar surface area (TPSA) is 247 Å². The first-order chi connectivity index (χ1) is 19.8. The van der Waals surface area contributed by atoms with Crippen LogP contribution in [0.1, 0.15) is 87.0 Å². The van der Waals surface area contributed by atoms with Gasteiger partial charge in [0.2, 0.25) is 29.3 Å². The van der Waals surface area contributed by atoms with E-state index in [1.54, 1.807) is 41.5 Å². The molecular formula is C27H41N7O9.